The van der Waals surface area contributed by atoms with Crippen LogP contribution in [-0.4, -0.2) is 21.0 Å². The first-order valence-corrected chi connectivity index (χ1v) is 8.27. The summed E-state index contributed by atoms with van der Waals surface area (Å²) >= 11 is 11.9. The van der Waals surface area contributed by atoms with Crippen LogP contribution in [0.3, 0.4) is 0 Å². The summed E-state index contributed by atoms with van der Waals surface area (Å²) in [4.78, 5) is 0.0761. The Balaban J connectivity index is 0.00000200. The Morgan fingerprint density at radius 3 is 2.25 bits per heavy atom. The molecule has 4 nitrogen and oxygen atoms in total. The average molecular weight is 360 g/mol. The van der Waals surface area contributed by atoms with Crippen LogP contribution in [0.1, 0.15) is 18.4 Å². The summed E-state index contributed by atoms with van der Waals surface area (Å²) in [6, 6.07) is 2.60. The van der Waals surface area contributed by atoms with Gasteiger partial charge in [-0.15, -0.1) is 12.4 Å². The summed E-state index contributed by atoms with van der Waals surface area (Å²) in [5.74, 6) is 0.344. The van der Waals surface area contributed by atoms with Gasteiger partial charge in [-0.05, 0) is 43.4 Å². The molecular formula is C12H17Cl3N2O2S. The predicted octanol–water partition coefficient (Wildman–Crippen LogP) is 2.74. The molecule has 1 unspecified atom stereocenters. The van der Waals surface area contributed by atoms with Crippen LogP contribution < -0.4 is 10.5 Å². The van der Waals surface area contributed by atoms with Crippen LogP contribution in [0.15, 0.2) is 17.0 Å². The lowest BCUT2D eigenvalue weighted by molar-refractivity contribution is 0.519. The minimum Gasteiger partial charge on any atom is -0.329 e. The van der Waals surface area contributed by atoms with Crippen molar-refractivity contribution in [2.24, 2.45) is 11.7 Å². The number of benzene rings is 1. The minimum atomic E-state index is -3.64. The molecule has 0 aliphatic heterocycles. The molecule has 20 heavy (non-hydrogen) atoms. The summed E-state index contributed by atoms with van der Waals surface area (Å²) in [7, 11) is -3.64. The summed E-state index contributed by atoms with van der Waals surface area (Å²) < 4.78 is 27.2. The Kier molecular flexibility index (Phi) is 6.14. The van der Waals surface area contributed by atoms with Crippen LogP contribution in [0.5, 0.6) is 0 Å². The number of hydrogen-bond donors (Lipinski definition) is 2. The van der Waals surface area contributed by atoms with Gasteiger partial charge < -0.3 is 5.73 Å². The summed E-state index contributed by atoms with van der Waals surface area (Å²) in [5.41, 5.74) is 6.27. The molecular weight excluding hydrogens is 343 g/mol. The van der Waals surface area contributed by atoms with Crippen LogP contribution in [0, 0.1) is 12.8 Å². The molecule has 1 aliphatic carbocycles. The van der Waals surface area contributed by atoms with Crippen molar-refractivity contribution in [3.63, 3.8) is 0 Å². The molecule has 0 saturated heterocycles. The maximum Gasteiger partial charge on any atom is 0.240 e. The van der Waals surface area contributed by atoms with E-state index in [0.717, 1.165) is 12.8 Å². The summed E-state index contributed by atoms with van der Waals surface area (Å²) in [6.45, 7) is 2.03. The molecule has 1 atom stereocenters. The average Bonchev–Trinajstić information content (AvgIpc) is 3.16. The van der Waals surface area contributed by atoms with Crippen molar-refractivity contribution in [2.75, 3.05) is 6.54 Å². The second-order valence-corrected chi connectivity index (χ2v) is 7.34. The van der Waals surface area contributed by atoms with E-state index in [9.17, 15) is 8.42 Å². The van der Waals surface area contributed by atoms with Crippen LogP contribution in [0.2, 0.25) is 10.0 Å². The van der Waals surface area contributed by atoms with E-state index in [4.69, 9.17) is 28.9 Å². The van der Waals surface area contributed by atoms with Crippen molar-refractivity contribution < 1.29 is 8.42 Å². The molecule has 2 rings (SSSR count). The fourth-order valence-corrected chi connectivity index (χ4v) is 3.87. The highest BCUT2D eigenvalue weighted by atomic mass is 35.5. The van der Waals surface area contributed by atoms with Gasteiger partial charge in [0.2, 0.25) is 10.0 Å². The third-order valence-electron chi connectivity index (χ3n) is 3.32. The molecule has 0 radical (unpaired) electrons. The van der Waals surface area contributed by atoms with E-state index in [-0.39, 0.29) is 29.9 Å². The zero-order chi connectivity index (χ0) is 14.2. The lowest BCUT2D eigenvalue weighted by atomic mass is 10.2. The molecule has 1 aromatic carbocycles. The highest BCUT2D eigenvalue weighted by molar-refractivity contribution is 7.89. The van der Waals surface area contributed by atoms with E-state index in [2.05, 4.69) is 4.72 Å². The van der Waals surface area contributed by atoms with E-state index in [0.29, 0.717) is 21.5 Å². The van der Waals surface area contributed by atoms with E-state index in [1.165, 1.54) is 12.1 Å². The number of hydrogen-bond acceptors (Lipinski definition) is 3. The van der Waals surface area contributed by atoms with Crippen molar-refractivity contribution in [3.8, 4) is 0 Å². The van der Waals surface area contributed by atoms with Crippen molar-refractivity contribution in [1.29, 1.82) is 0 Å². The smallest absolute Gasteiger partial charge is 0.240 e. The topological polar surface area (TPSA) is 72.2 Å². The fourth-order valence-electron chi connectivity index (χ4n) is 1.88. The zero-order valence-electron chi connectivity index (χ0n) is 10.9. The number of halogens is 3. The van der Waals surface area contributed by atoms with Crippen molar-refractivity contribution in [1.82, 2.24) is 4.72 Å². The molecule has 8 heteroatoms. The Hall–Kier alpha value is -0.0400. The van der Waals surface area contributed by atoms with Gasteiger partial charge in [0.15, 0.2) is 0 Å². The van der Waals surface area contributed by atoms with Crippen molar-refractivity contribution >= 4 is 45.6 Å². The van der Waals surface area contributed by atoms with Gasteiger partial charge in [-0.1, -0.05) is 23.2 Å². The minimum absolute atomic E-state index is 0. The predicted molar refractivity (Wildman–Crippen MR) is 84.3 cm³/mol. The standard InChI is InChI=1S/C12H16Cl2N2O2S.ClH/c1-7-10(13)4-9(5-11(7)14)19(17,18)16-12(6-15)8-2-3-8;/h4-5,8,12,16H,2-3,6,15H2,1H3;1H. The first-order chi connectivity index (χ1) is 8.85. The normalized spacial score (nSPS) is 16.6. The second kappa shape index (κ2) is 6.81. The maximum atomic E-state index is 12.3. The van der Waals surface area contributed by atoms with Gasteiger partial charge in [0, 0.05) is 22.6 Å². The number of sulfonamides is 1. The van der Waals surface area contributed by atoms with Crippen LogP contribution in [0.4, 0.5) is 0 Å². The number of nitrogens with one attached hydrogen (secondary N) is 1. The lowest BCUT2D eigenvalue weighted by Gasteiger charge is -2.16. The molecule has 1 fully saturated rings. The van der Waals surface area contributed by atoms with E-state index >= 15 is 0 Å². The quantitative estimate of drug-likeness (QED) is 0.849. The van der Waals surface area contributed by atoms with Gasteiger partial charge in [-0.2, -0.15) is 0 Å². The molecule has 0 bridgehead atoms. The molecule has 1 aliphatic rings. The molecule has 0 spiro atoms. The number of rotatable bonds is 5. The van der Waals surface area contributed by atoms with Crippen molar-refractivity contribution in [3.05, 3.63) is 27.7 Å². The third kappa shape index (κ3) is 4.00. The Morgan fingerprint density at radius 1 is 1.35 bits per heavy atom. The highest BCUT2D eigenvalue weighted by Gasteiger charge is 2.33. The van der Waals surface area contributed by atoms with Crippen LogP contribution in [-0.2, 0) is 10.0 Å². The summed E-state index contributed by atoms with van der Waals surface area (Å²) in [6.07, 6.45) is 2.03. The molecule has 0 heterocycles. The van der Waals surface area contributed by atoms with E-state index < -0.39 is 10.0 Å². The molecule has 1 saturated carbocycles. The molecule has 0 aromatic heterocycles. The van der Waals surface area contributed by atoms with Gasteiger partial charge in [-0.25, -0.2) is 13.1 Å². The Bertz CT molecular complexity index is 565. The molecule has 3 N–H and O–H groups in total. The molecule has 0 amide bonds. The van der Waals surface area contributed by atoms with E-state index in [1.807, 2.05) is 0 Å². The molecule has 1 aromatic rings. The second-order valence-electron chi connectivity index (χ2n) is 4.81. The third-order valence-corrected chi connectivity index (χ3v) is 5.57. The fraction of sp³-hybridized carbons (Fsp3) is 0.500. The SMILES string of the molecule is Cc1c(Cl)cc(S(=O)(=O)NC(CN)C2CC2)cc1Cl.Cl. The van der Waals surface area contributed by atoms with Gasteiger partial charge in [0.1, 0.15) is 0 Å². The van der Waals surface area contributed by atoms with Crippen LogP contribution >= 0.6 is 35.6 Å². The monoisotopic (exact) mass is 358 g/mol. The maximum absolute atomic E-state index is 12.3. The largest absolute Gasteiger partial charge is 0.329 e. The highest BCUT2D eigenvalue weighted by Crippen LogP contribution is 2.33. The Morgan fingerprint density at radius 2 is 1.85 bits per heavy atom. The van der Waals surface area contributed by atoms with E-state index in [1.54, 1.807) is 6.92 Å². The molecule has 114 valence electrons. The van der Waals surface area contributed by atoms with Gasteiger partial charge in [0.25, 0.3) is 0 Å². The van der Waals surface area contributed by atoms with Crippen molar-refractivity contribution in [2.45, 2.75) is 30.7 Å². The van der Waals surface area contributed by atoms with Gasteiger partial charge in [-0.3, -0.25) is 0 Å². The Labute approximate surface area is 135 Å². The van der Waals surface area contributed by atoms with Gasteiger partial charge in [0.05, 0.1) is 4.90 Å². The number of nitrogens with two attached hydrogens (primary N) is 1. The first kappa shape index (κ1) is 18.0. The summed E-state index contributed by atoms with van der Waals surface area (Å²) in [5, 5.41) is 0.673. The first-order valence-electron chi connectivity index (χ1n) is 6.03. The zero-order valence-corrected chi connectivity index (χ0v) is 14.0. The van der Waals surface area contributed by atoms with Gasteiger partial charge >= 0.3 is 0 Å². The lowest BCUT2D eigenvalue weighted by Crippen LogP contribution is -2.41. The van der Waals surface area contributed by atoms with Crippen LogP contribution in [0.25, 0.3) is 0 Å².